The lowest BCUT2D eigenvalue weighted by Gasteiger charge is -2.38. The molecule has 0 rings (SSSR count). The highest BCUT2D eigenvalue weighted by molar-refractivity contribution is 5.91. The number of carbonyl (C=O) groups is 5. The lowest BCUT2D eigenvalue weighted by Crippen LogP contribution is -2.56. The molecule has 18 heteroatoms. The third-order valence-electron chi connectivity index (χ3n) is 5.46. The summed E-state index contributed by atoms with van der Waals surface area (Å²) in [4.78, 5) is 54.3. The minimum absolute atomic E-state index is 0.0447. The summed E-state index contributed by atoms with van der Waals surface area (Å²) in [6.07, 6.45) is -10.8. The Morgan fingerprint density at radius 1 is 0.674 bits per heavy atom. The number of carboxylic acids is 3. The number of carbonyl (C=O) groups excluding carboxylic acids is 2. The average Bonchev–Trinajstić information content (AvgIpc) is 2.99. The molecule has 0 heterocycles. The van der Waals surface area contributed by atoms with Gasteiger partial charge in [0.2, 0.25) is 0 Å². The van der Waals surface area contributed by atoms with Crippen LogP contribution >= 0.6 is 0 Å². The van der Waals surface area contributed by atoms with Crippen LogP contribution < -0.4 is 0 Å². The Morgan fingerprint density at radius 2 is 1.04 bits per heavy atom. The molecule has 0 aromatic carbocycles. The molecule has 0 saturated heterocycles. The monoisotopic (exact) mass is 668 g/mol. The third kappa shape index (κ3) is 17.5. The number of hydrogen-bond donors (Lipinski definition) is 11. The summed E-state index contributed by atoms with van der Waals surface area (Å²) in [5, 5.41) is 105. The quantitative estimate of drug-likeness (QED) is 0.0400. The van der Waals surface area contributed by atoms with Crippen molar-refractivity contribution in [3.05, 3.63) is 47.6 Å². The van der Waals surface area contributed by atoms with E-state index in [9.17, 15) is 64.8 Å². The highest BCUT2D eigenvalue weighted by atomic mass is 16.6. The second kappa shape index (κ2) is 23.3. The van der Waals surface area contributed by atoms with Gasteiger partial charge >= 0.3 is 29.8 Å². The van der Waals surface area contributed by atoms with Crippen molar-refractivity contribution in [1.82, 2.24) is 0 Å². The molecule has 46 heavy (non-hydrogen) atoms. The number of hydrogen-bond acceptors (Lipinski definition) is 15. The first kappa shape index (κ1) is 46.4. The van der Waals surface area contributed by atoms with E-state index in [0.29, 0.717) is 0 Å². The van der Waals surface area contributed by atoms with Gasteiger partial charge in [0.25, 0.3) is 0 Å². The first-order chi connectivity index (χ1) is 21.1. The summed E-state index contributed by atoms with van der Waals surface area (Å²) in [5.74, 6) is -5.71. The van der Waals surface area contributed by atoms with Crippen LogP contribution in [0.3, 0.4) is 0 Å². The Labute approximate surface area is 264 Å². The zero-order chi connectivity index (χ0) is 36.9. The summed E-state index contributed by atoms with van der Waals surface area (Å²) in [6, 6.07) is 0. The van der Waals surface area contributed by atoms with Gasteiger partial charge in [-0.25, -0.2) is 19.2 Å². The second-order valence-corrected chi connectivity index (χ2v) is 9.47. The number of esters is 2. The van der Waals surface area contributed by atoms with Gasteiger partial charge in [0.05, 0.1) is 25.4 Å². The zero-order valence-electron chi connectivity index (χ0n) is 25.7. The Balaban J connectivity index is -0.00000129. The molecule has 5 unspecified atom stereocenters. The minimum Gasteiger partial charge on any atom is -0.481 e. The van der Waals surface area contributed by atoms with Crippen molar-refractivity contribution in [2.24, 2.45) is 0 Å². The lowest BCUT2D eigenvalue weighted by atomic mass is 9.79. The summed E-state index contributed by atoms with van der Waals surface area (Å²) in [6.45, 7) is 9.29. The lowest BCUT2D eigenvalue weighted by molar-refractivity contribution is -0.166. The summed E-state index contributed by atoms with van der Waals surface area (Å²) in [5.41, 5.74) is -4.56. The van der Waals surface area contributed by atoms with Gasteiger partial charge in [0.1, 0.15) is 43.2 Å². The first-order valence-electron chi connectivity index (χ1n) is 13.1. The molecule has 0 fully saturated rings. The van der Waals surface area contributed by atoms with E-state index in [-0.39, 0.29) is 16.7 Å². The van der Waals surface area contributed by atoms with Crippen molar-refractivity contribution in [3.8, 4) is 0 Å². The first-order valence-corrected chi connectivity index (χ1v) is 13.1. The highest BCUT2D eigenvalue weighted by Crippen LogP contribution is 2.31. The van der Waals surface area contributed by atoms with Crippen LogP contribution in [0.1, 0.15) is 33.6 Å². The molecule has 0 aliphatic heterocycles. The predicted octanol–water partition coefficient (Wildman–Crippen LogP) is -2.74. The highest BCUT2D eigenvalue weighted by Gasteiger charge is 2.48. The van der Waals surface area contributed by atoms with Gasteiger partial charge in [0.15, 0.2) is 0 Å². The Morgan fingerprint density at radius 3 is 1.33 bits per heavy atom. The largest absolute Gasteiger partial charge is 0.481 e. The molecule has 0 aromatic heterocycles. The average molecular weight is 669 g/mol. The number of rotatable bonds is 18. The number of aliphatic hydroxyl groups excluding tert-OH is 7. The maximum Gasteiger partial charge on any atom is 0.337 e. The van der Waals surface area contributed by atoms with E-state index < -0.39 is 117 Å². The Bertz CT molecular complexity index is 1050. The molecule has 0 amide bonds. The molecule has 0 aliphatic carbocycles. The van der Waals surface area contributed by atoms with Crippen LogP contribution in [0.4, 0.5) is 0 Å². The smallest absolute Gasteiger partial charge is 0.337 e. The number of aliphatic hydroxyl groups is 8. The van der Waals surface area contributed by atoms with Crippen LogP contribution in [0.15, 0.2) is 47.6 Å². The Hall–Kier alpha value is -4.01. The molecule has 0 saturated carbocycles. The van der Waals surface area contributed by atoms with E-state index in [4.69, 9.17) is 24.8 Å². The third-order valence-corrected chi connectivity index (χ3v) is 5.46. The van der Waals surface area contributed by atoms with Gasteiger partial charge < -0.3 is 65.6 Å². The predicted molar refractivity (Wildman–Crippen MR) is 156 cm³/mol. The van der Waals surface area contributed by atoms with Crippen LogP contribution in [0.25, 0.3) is 0 Å². The summed E-state index contributed by atoms with van der Waals surface area (Å²) < 4.78 is 9.56. The molecule has 18 nitrogen and oxygen atoms in total. The fourth-order valence-corrected chi connectivity index (χ4v) is 2.84. The van der Waals surface area contributed by atoms with Gasteiger partial charge in [-0.3, -0.25) is 4.79 Å². The van der Waals surface area contributed by atoms with Crippen LogP contribution in [-0.2, 0) is 33.4 Å². The van der Waals surface area contributed by atoms with E-state index in [1.54, 1.807) is 0 Å². The van der Waals surface area contributed by atoms with Crippen molar-refractivity contribution >= 4 is 29.8 Å². The summed E-state index contributed by atoms with van der Waals surface area (Å²) >= 11 is 0. The number of ether oxygens (including phenoxy) is 2. The van der Waals surface area contributed by atoms with E-state index in [2.05, 4.69) is 19.7 Å². The van der Waals surface area contributed by atoms with Crippen LogP contribution in [0, 0.1) is 0 Å². The van der Waals surface area contributed by atoms with Gasteiger partial charge in [-0.1, -0.05) is 19.7 Å². The van der Waals surface area contributed by atoms with Crippen molar-refractivity contribution < 1.29 is 89.6 Å². The van der Waals surface area contributed by atoms with E-state index >= 15 is 0 Å². The van der Waals surface area contributed by atoms with Gasteiger partial charge in [-0.05, 0) is 27.2 Å². The molecule has 5 atom stereocenters. The summed E-state index contributed by atoms with van der Waals surface area (Å²) in [7, 11) is 0. The number of aliphatic carboxylic acids is 3. The topological polar surface area (TPSA) is 326 Å². The maximum absolute atomic E-state index is 12.8. The Kier molecular flexibility index (Phi) is 23.6. The van der Waals surface area contributed by atoms with Crippen molar-refractivity contribution in [3.63, 3.8) is 0 Å². The second-order valence-electron chi connectivity index (χ2n) is 9.47. The molecule has 264 valence electrons. The fourth-order valence-electron chi connectivity index (χ4n) is 2.84. The standard InChI is InChI=1S/C20H32O14.2C4H6O2/c1-10(2)18(30)33-5-6-34-19(31)16(15(11(24)7-21)12(25)8-22)17(29)20(32,13(26)9-23)4-3-14(27)28;2*1-3(2)4(5)6/h11-13,17,21-26,29,32H,1,3-9H2,2H3,(H,27,28);2*1H2,2H3,(H,5,6). The molecule has 0 bridgehead atoms. The zero-order valence-corrected chi connectivity index (χ0v) is 25.7. The maximum atomic E-state index is 12.8. The van der Waals surface area contributed by atoms with Crippen LogP contribution in [0.5, 0.6) is 0 Å². The SMILES string of the molecule is C=C(C)C(=O)O.C=C(C)C(=O)O.C=C(C)C(=O)OCCOC(=O)C(=C(C(O)CO)C(O)CO)C(O)C(O)(CCC(=O)O)C(O)CO. The van der Waals surface area contributed by atoms with Crippen molar-refractivity contribution in [2.45, 2.75) is 63.6 Å². The molecule has 11 N–H and O–H groups in total. The number of carboxylic acid groups (broad SMARTS) is 3. The molecule has 0 spiro atoms. The fraction of sp³-hybridized carbons (Fsp3) is 0.536. The normalized spacial score (nSPS) is 14.1. The van der Waals surface area contributed by atoms with Crippen molar-refractivity contribution in [2.75, 3.05) is 33.0 Å². The molecule has 0 aromatic rings. The van der Waals surface area contributed by atoms with E-state index in [1.807, 2.05) is 0 Å². The molecule has 0 aliphatic rings. The molecular weight excluding hydrogens is 624 g/mol. The van der Waals surface area contributed by atoms with Crippen molar-refractivity contribution in [1.29, 1.82) is 0 Å². The van der Waals surface area contributed by atoms with E-state index in [0.717, 1.165) is 0 Å². The minimum atomic E-state index is -2.93. The van der Waals surface area contributed by atoms with Crippen LogP contribution in [0.2, 0.25) is 0 Å². The molecule has 0 radical (unpaired) electrons. The van der Waals surface area contributed by atoms with Crippen LogP contribution in [-0.4, -0.2) is 149 Å². The van der Waals surface area contributed by atoms with Gasteiger partial charge in [0, 0.05) is 28.7 Å². The van der Waals surface area contributed by atoms with Gasteiger partial charge in [-0.2, -0.15) is 0 Å². The molecular formula is C28H44O18. The van der Waals surface area contributed by atoms with E-state index in [1.165, 1.54) is 20.8 Å². The van der Waals surface area contributed by atoms with Gasteiger partial charge in [-0.15, -0.1) is 0 Å².